The lowest BCUT2D eigenvalue weighted by Gasteiger charge is -2.26. The molecule has 1 fully saturated rings. The van der Waals surface area contributed by atoms with E-state index < -0.39 is 29.5 Å². The topological polar surface area (TPSA) is 130 Å². The Balaban J connectivity index is 1.26. The Labute approximate surface area is 249 Å². The fourth-order valence-corrected chi connectivity index (χ4v) is 4.89. The van der Waals surface area contributed by atoms with Crippen LogP contribution in [-0.4, -0.2) is 81.6 Å². The van der Waals surface area contributed by atoms with Crippen LogP contribution in [0.2, 0.25) is 0 Å². The summed E-state index contributed by atoms with van der Waals surface area (Å²) < 4.78 is 18.6. The Bertz CT molecular complexity index is 1490. The lowest BCUT2D eigenvalue weighted by molar-refractivity contribution is -0.193. The summed E-state index contributed by atoms with van der Waals surface area (Å²) >= 11 is 0. The smallest absolute Gasteiger partial charge is 0.409 e. The maximum absolute atomic E-state index is 13.0. The predicted octanol–water partition coefficient (Wildman–Crippen LogP) is 4.54. The molecule has 2 atom stereocenters. The van der Waals surface area contributed by atoms with E-state index in [2.05, 4.69) is 5.10 Å². The molecule has 1 aromatic heterocycles. The summed E-state index contributed by atoms with van der Waals surface area (Å²) in [7, 11) is 0. The number of benzene rings is 2. The third-order valence-electron chi connectivity index (χ3n) is 7.07. The van der Waals surface area contributed by atoms with Crippen molar-refractivity contribution in [1.82, 2.24) is 19.7 Å². The van der Waals surface area contributed by atoms with E-state index in [9.17, 15) is 19.2 Å². The van der Waals surface area contributed by atoms with Crippen molar-refractivity contribution in [3.63, 3.8) is 0 Å². The van der Waals surface area contributed by atoms with Crippen molar-refractivity contribution in [1.29, 1.82) is 0 Å². The first-order valence-corrected chi connectivity index (χ1v) is 14.4. The van der Waals surface area contributed by atoms with Gasteiger partial charge >= 0.3 is 12.1 Å². The highest BCUT2D eigenvalue weighted by molar-refractivity contribution is 6.20. The van der Waals surface area contributed by atoms with Crippen LogP contribution in [0.3, 0.4) is 0 Å². The highest BCUT2D eigenvalue weighted by Crippen LogP contribution is 2.28. The zero-order valence-corrected chi connectivity index (χ0v) is 24.8. The van der Waals surface area contributed by atoms with Gasteiger partial charge in [0, 0.05) is 24.7 Å². The van der Waals surface area contributed by atoms with Crippen LogP contribution in [0.15, 0.2) is 48.7 Å². The summed E-state index contributed by atoms with van der Waals surface area (Å²) in [5, 5.41) is 6.06. The van der Waals surface area contributed by atoms with E-state index in [1.165, 1.54) is 12.1 Å². The fraction of sp³-hybridized carbons (Fsp3) is 0.452. The summed E-state index contributed by atoms with van der Waals surface area (Å²) in [4.78, 5) is 58.4. The summed E-state index contributed by atoms with van der Waals surface area (Å²) in [6.07, 6.45) is 2.74. The molecule has 0 spiro atoms. The third kappa shape index (κ3) is 6.80. The Morgan fingerprint density at radius 1 is 1.07 bits per heavy atom. The number of aromatic nitrogens is 2. The van der Waals surface area contributed by atoms with E-state index in [1.807, 2.05) is 17.8 Å². The van der Waals surface area contributed by atoms with Gasteiger partial charge in [-0.3, -0.25) is 14.3 Å². The van der Waals surface area contributed by atoms with E-state index in [1.54, 1.807) is 56.0 Å². The van der Waals surface area contributed by atoms with E-state index >= 15 is 0 Å². The zero-order chi connectivity index (χ0) is 30.7. The molecule has 2 aliphatic heterocycles. The van der Waals surface area contributed by atoms with Gasteiger partial charge in [0.15, 0.2) is 0 Å². The van der Waals surface area contributed by atoms with Crippen LogP contribution in [0, 0.1) is 0 Å². The largest absolute Gasteiger partial charge is 0.490 e. The maximum Gasteiger partial charge on any atom is 0.409 e. The van der Waals surface area contributed by atoms with Crippen molar-refractivity contribution in [3.8, 4) is 5.75 Å². The number of carbonyl (C=O) groups excluding carboxylic acids is 4. The number of rotatable bonds is 10. The molecular formula is C31H36N4O8. The molecule has 1 unspecified atom stereocenters. The molecular weight excluding hydrogens is 556 g/mol. The van der Waals surface area contributed by atoms with Crippen molar-refractivity contribution >= 4 is 34.8 Å². The molecule has 12 nitrogen and oxygen atoms in total. The molecule has 3 aromatic rings. The van der Waals surface area contributed by atoms with Crippen LogP contribution >= 0.6 is 0 Å². The van der Waals surface area contributed by atoms with Crippen LogP contribution in [0.25, 0.3) is 10.9 Å². The number of imide groups is 1. The molecule has 2 aliphatic rings. The van der Waals surface area contributed by atoms with Crippen molar-refractivity contribution < 1.29 is 38.2 Å². The summed E-state index contributed by atoms with van der Waals surface area (Å²) in [6.45, 7) is 8.36. The molecule has 2 aromatic carbocycles. The number of likely N-dealkylation sites (tertiary alicyclic amines) is 1. The molecule has 228 valence electrons. The second kappa shape index (κ2) is 12.4. The lowest BCUT2D eigenvalue weighted by atomic mass is 10.1. The number of hydroxylamine groups is 2. The van der Waals surface area contributed by atoms with Gasteiger partial charge in [0.25, 0.3) is 11.8 Å². The molecule has 3 heterocycles. The molecule has 3 amide bonds. The van der Waals surface area contributed by atoms with Crippen LogP contribution in [-0.2, 0) is 19.1 Å². The maximum atomic E-state index is 13.0. The average Bonchev–Trinajstić information content (AvgIpc) is 3.68. The number of nitrogens with zero attached hydrogens (tertiary/aromatic N) is 4. The average molecular weight is 593 g/mol. The standard InChI is InChI=1S/C31H36N4O8/c1-5-6-15-40-30(39)33-14-13-21(18-33)34-17-20-16-22(11-12-25(20)32-34)41-19-26(29(38)42-31(2,3)4)43-35-27(36)23-9-7-8-10-24(23)28(35)37/h7-12,16-17,21,26H,5-6,13-15,18-19H2,1-4H3/t21?,26-/m0/s1. The number of fused-ring (bicyclic) bond motifs is 2. The summed E-state index contributed by atoms with van der Waals surface area (Å²) in [6, 6.07) is 11.6. The van der Waals surface area contributed by atoms with E-state index in [0.717, 1.165) is 30.2 Å². The van der Waals surface area contributed by atoms with Crippen LogP contribution in [0.4, 0.5) is 4.79 Å². The van der Waals surface area contributed by atoms with Gasteiger partial charge in [0.1, 0.15) is 18.0 Å². The van der Waals surface area contributed by atoms with Crippen molar-refractivity contribution in [2.24, 2.45) is 0 Å². The third-order valence-corrected chi connectivity index (χ3v) is 7.07. The number of amides is 3. The highest BCUT2D eigenvalue weighted by Gasteiger charge is 2.40. The monoisotopic (exact) mass is 592 g/mol. The second-order valence-corrected chi connectivity index (χ2v) is 11.6. The summed E-state index contributed by atoms with van der Waals surface area (Å²) in [5.41, 5.74) is 0.286. The molecule has 5 rings (SSSR count). The second-order valence-electron chi connectivity index (χ2n) is 11.6. The van der Waals surface area contributed by atoms with Gasteiger partial charge in [-0.1, -0.05) is 25.5 Å². The molecule has 0 aliphatic carbocycles. The van der Waals surface area contributed by atoms with Gasteiger partial charge in [-0.2, -0.15) is 5.10 Å². The fourth-order valence-electron chi connectivity index (χ4n) is 4.89. The van der Waals surface area contributed by atoms with Crippen molar-refractivity contribution in [2.45, 2.75) is 64.7 Å². The van der Waals surface area contributed by atoms with Gasteiger partial charge in [-0.15, -0.1) is 5.06 Å². The van der Waals surface area contributed by atoms with Crippen LogP contribution in [0.5, 0.6) is 5.75 Å². The number of carbonyl (C=O) groups is 4. The number of hydrogen-bond acceptors (Lipinski definition) is 9. The van der Waals surface area contributed by atoms with E-state index in [-0.39, 0.29) is 29.9 Å². The highest BCUT2D eigenvalue weighted by atomic mass is 16.7. The van der Waals surface area contributed by atoms with Crippen molar-refractivity contribution in [3.05, 3.63) is 59.8 Å². The Morgan fingerprint density at radius 3 is 2.47 bits per heavy atom. The summed E-state index contributed by atoms with van der Waals surface area (Å²) in [5.74, 6) is -1.68. The van der Waals surface area contributed by atoms with Gasteiger partial charge in [0.05, 0.1) is 29.3 Å². The number of unbranched alkanes of at least 4 members (excludes halogenated alkanes) is 1. The van der Waals surface area contributed by atoms with Gasteiger partial charge in [-0.25, -0.2) is 14.4 Å². The zero-order valence-electron chi connectivity index (χ0n) is 24.8. The molecule has 12 heteroatoms. The Kier molecular flexibility index (Phi) is 8.67. The normalized spacial score (nSPS) is 17.3. The molecule has 0 N–H and O–H groups in total. The Hall–Kier alpha value is -4.45. The van der Waals surface area contributed by atoms with Crippen molar-refractivity contribution in [2.75, 3.05) is 26.3 Å². The first-order valence-electron chi connectivity index (χ1n) is 14.4. The minimum absolute atomic E-state index is 0.0140. The first-order chi connectivity index (χ1) is 20.5. The molecule has 0 radical (unpaired) electrons. The minimum atomic E-state index is -1.40. The number of ether oxygens (including phenoxy) is 3. The number of hydrogen-bond donors (Lipinski definition) is 0. The van der Waals surface area contributed by atoms with E-state index in [0.29, 0.717) is 30.5 Å². The molecule has 43 heavy (non-hydrogen) atoms. The van der Waals surface area contributed by atoms with Gasteiger partial charge in [-0.05, 0) is 63.9 Å². The molecule has 0 bridgehead atoms. The first kappa shape index (κ1) is 30.0. The minimum Gasteiger partial charge on any atom is -0.490 e. The van der Waals surface area contributed by atoms with E-state index in [4.69, 9.17) is 19.0 Å². The van der Waals surface area contributed by atoms with Gasteiger partial charge < -0.3 is 19.1 Å². The van der Waals surface area contributed by atoms with Gasteiger partial charge in [0.2, 0.25) is 6.10 Å². The van der Waals surface area contributed by atoms with Crippen LogP contribution < -0.4 is 4.74 Å². The SMILES string of the molecule is CCCCOC(=O)N1CCC(n2cc3cc(OC[C@H](ON4C(=O)c5ccccc5C4=O)C(=O)OC(C)(C)C)ccc3n2)C1. The molecule has 1 saturated heterocycles. The predicted molar refractivity (Wildman–Crippen MR) is 154 cm³/mol. The Morgan fingerprint density at radius 2 is 1.79 bits per heavy atom. The number of esters is 1. The lowest BCUT2D eigenvalue weighted by Crippen LogP contribution is -2.43. The quantitative estimate of drug-likeness (QED) is 0.189. The van der Waals surface area contributed by atoms with Crippen LogP contribution in [0.1, 0.15) is 73.7 Å². The molecule has 0 saturated carbocycles.